The van der Waals surface area contributed by atoms with Gasteiger partial charge in [-0.2, -0.15) is 0 Å². The molecule has 4 aromatic rings. The van der Waals surface area contributed by atoms with Gasteiger partial charge in [-0.05, 0) is 22.9 Å². The van der Waals surface area contributed by atoms with Crippen molar-refractivity contribution >= 4 is 43.2 Å². The molecule has 0 spiro atoms. The van der Waals surface area contributed by atoms with Crippen LogP contribution in [-0.4, -0.2) is 32.0 Å². The van der Waals surface area contributed by atoms with Crippen LogP contribution in [0.2, 0.25) is 39.3 Å². The van der Waals surface area contributed by atoms with Gasteiger partial charge in [0.15, 0.2) is 5.78 Å². The van der Waals surface area contributed by atoms with Crippen LogP contribution in [0.4, 0.5) is 0 Å². The summed E-state index contributed by atoms with van der Waals surface area (Å²) in [5.41, 5.74) is 7.89. The van der Waals surface area contributed by atoms with Crippen LogP contribution in [-0.2, 0) is 24.9 Å². The SMILES string of the molecule is CC(C)/C(O)=C/C(=O)C(C)(C)C.Cc1[c-]c(-c2cc(-c3ccccc3)c3cc([Si](C)(C)C)ccc3n2)cc(C)c1[Si](C)(C)C.[Ir]. The summed E-state index contributed by atoms with van der Waals surface area (Å²) in [6.07, 6.45) is 1.32. The van der Waals surface area contributed by atoms with Crippen LogP contribution >= 0.6 is 0 Å². The van der Waals surface area contributed by atoms with Gasteiger partial charge in [-0.3, -0.25) is 9.78 Å². The van der Waals surface area contributed by atoms with E-state index >= 15 is 0 Å². The Labute approximate surface area is 288 Å². The number of aliphatic hydroxyl groups is 1. The summed E-state index contributed by atoms with van der Waals surface area (Å²) in [6, 6.07) is 25.9. The number of allylic oxidation sites excluding steroid dienone is 2. The minimum Gasteiger partial charge on any atom is -0.512 e. The summed E-state index contributed by atoms with van der Waals surface area (Å²) in [4.78, 5) is 16.5. The summed E-state index contributed by atoms with van der Waals surface area (Å²) in [6.45, 7) is 28.1. The van der Waals surface area contributed by atoms with Gasteiger partial charge in [-0.15, -0.1) is 34.0 Å². The van der Waals surface area contributed by atoms with E-state index in [0.717, 1.165) is 16.8 Å². The van der Waals surface area contributed by atoms with Crippen LogP contribution < -0.4 is 10.4 Å². The van der Waals surface area contributed by atoms with Crippen LogP contribution in [0.3, 0.4) is 0 Å². The maximum atomic E-state index is 11.3. The maximum absolute atomic E-state index is 11.3. The molecule has 1 radical (unpaired) electrons. The first-order valence-corrected chi connectivity index (χ1v) is 22.7. The van der Waals surface area contributed by atoms with Crippen LogP contribution in [0.5, 0.6) is 0 Å². The molecule has 0 aliphatic carbocycles. The van der Waals surface area contributed by atoms with Crippen molar-refractivity contribution in [2.24, 2.45) is 11.3 Å². The number of nitrogens with zero attached hydrogens (tertiary/aromatic N) is 1. The number of fused-ring (bicyclic) bond motifs is 1. The van der Waals surface area contributed by atoms with E-state index in [1.165, 1.54) is 44.1 Å². The number of aliphatic hydroxyl groups excluding tert-OH is 1. The second-order valence-corrected chi connectivity index (χ2v) is 25.4. The molecule has 4 rings (SSSR count). The molecule has 1 N–H and O–H groups in total. The molecule has 3 aromatic carbocycles. The number of hydrogen-bond acceptors (Lipinski definition) is 3. The zero-order valence-electron chi connectivity index (χ0n) is 29.6. The third-order valence-electron chi connectivity index (χ3n) is 7.85. The number of carbonyl (C=O) groups is 1. The third-order valence-corrected chi connectivity index (χ3v) is 12.2. The molecule has 6 heteroatoms. The molecule has 0 atom stereocenters. The monoisotopic (exact) mass is 815 g/mol. The molecule has 0 aliphatic rings. The van der Waals surface area contributed by atoms with Crippen LogP contribution in [0.1, 0.15) is 45.7 Å². The minimum absolute atomic E-state index is 0. The number of benzene rings is 3. The van der Waals surface area contributed by atoms with E-state index < -0.39 is 21.6 Å². The predicted octanol–water partition coefficient (Wildman–Crippen LogP) is 9.77. The van der Waals surface area contributed by atoms with Crippen molar-refractivity contribution in [2.75, 3.05) is 0 Å². The fourth-order valence-corrected chi connectivity index (χ4v) is 8.98. The molecule has 1 heterocycles. The van der Waals surface area contributed by atoms with Crippen molar-refractivity contribution in [3.05, 3.63) is 89.7 Å². The molecule has 0 amide bonds. The number of carbonyl (C=O) groups excluding carboxylic acids is 1. The molecular formula is C39H52IrNO2Si2-. The fourth-order valence-electron chi connectivity index (χ4n) is 5.38. The van der Waals surface area contributed by atoms with E-state index in [9.17, 15) is 9.90 Å². The average molecular weight is 815 g/mol. The minimum atomic E-state index is -1.43. The first-order valence-electron chi connectivity index (χ1n) is 15.7. The molecule has 3 nitrogen and oxygen atoms in total. The molecule has 45 heavy (non-hydrogen) atoms. The van der Waals surface area contributed by atoms with Crippen LogP contribution in [0, 0.1) is 31.2 Å². The van der Waals surface area contributed by atoms with Crippen molar-refractivity contribution in [1.82, 2.24) is 4.98 Å². The van der Waals surface area contributed by atoms with Gasteiger partial charge in [-0.25, -0.2) is 0 Å². The largest absolute Gasteiger partial charge is 0.512 e. The predicted molar refractivity (Wildman–Crippen MR) is 197 cm³/mol. The third kappa shape index (κ3) is 9.92. The van der Waals surface area contributed by atoms with E-state index in [1.807, 2.05) is 34.6 Å². The standard InChI is InChI=1S/C29H34NSi2.C10H18O2.Ir/c1-20-16-23(17-21(2)29(20)32(6,7)8)28-19-25(22-12-10-9-11-13-22)26-18-24(31(3,4)5)14-15-27(26)30-28;1-7(2)8(11)6-9(12)10(3,4)5;/h9-16,18-19H,1-8H3;6-7,11H,1-5H3;/q-1;;/b;8-6-;. The van der Waals surface area contributed by atoms with Gasteiger partial charge in [0, 0.05) is 51.0 Å². The van der Waals surface area contributed by atoms with E-state index in [0.29, 0.717) is 0 Å². The molecule has 243 valence electrons. The van der Waals surface area contributed by atoms with Gasteiger partial charge >= 0.3 is 0 Å². The van der Waals surface area contributed by atoms with E-state index in [2.05, 4.69) is 120 Å². The number of aryl methyl sites for hydroxylation is 2. The molecule has 0 bridgehead atoms. The van der Waals surface area contributed by atoms with E-state index in [1.54, 1.807) is 0 Å². The summed E-state index contributed by atoms with van der Waals surface area (Å²) < 4.78 is 0. The first-order chi connectivity index (χ1) is 20.2. The van der Waals surface area contributed by atoms with Gasteiger partial charge in [0.05, 0.1) is 19.3 Å². The Morgan fingerprint density at radius 3 is 1.98 bits per heavy atom. The Morgan fingerprint density at radius 1 is 0.889 bits per heavy atom. The Morgan fingerprint density at radius 2 is 1.49 bits per heavy atom. The van der Waals surface area contributed by atoms with Gasteiger partial charge in [0.25, 0.3) is 0 Å². The topological polar surface area (TPSA) is 50.2 Å². The zero-order valence-corrected chi connectivity index (χ0v) is 34.0. The first kappa shape index (κ1) is 38.5. The summed E-state index contributed by atoms with van der Waals surface area (Å²) in [5, 5.41) is 13.5. The van der Waals surface area contributed by atoms with Crippen molar-refractivity contribution in [3.63, 3.8) is 0 Å². The quantitative estimate of drug-likeness (QED) is 0.0914. The van der Waals surface area contributed by atoms with Gasteiger partial charge in [-0.1, -0.05) is 141 Å². The van der Waals surface area contributed by atoms with Crippen LogP contribution in [0.15, 0.2) is 72.5 Å². The van der Waals surface area contributed by atoms with Crippen molar-refractivity contribution in [1.29, 1.82) is 0 Å². The Kier molecular flexibility index (Phi) is 12.7. The zero-order chi connectivity index (χ0) is 33.2. The van der Waals surface area contributed by atoms with Crippen molar-refractivity contribution < 1.29 is 30.0 Å². The number of rotatable bonds is 6. The number of ketones is 1. The van der Waals surface area contributed by atoms with E-state index in [4.69, 9.17) is 4.98 Å². The fraction of sp³-hybridized carbons (Fsp3) is 0.385. The molecule has 0 aliphatic heterocycles. The number of pyridine rings is 1. The second kappa shape index (κ2) is 14.9. The normalized spacial score (nSPS) is 12.4. The second-order valence-electron chi connectivity index (χ2n) is 15.4. The summed E-state index contributed by atoms with van der Waals surface area (Å²) in [7, 11) is -2.85. The summed E-state index contributed by atoms with van der Waals surface area (Å²) in [5.74, 6) is 0.153. The van der Waals surface area contributed by atoms with Gasteiger partial charge in [0.1, 0.15) is 0 Å². The molecule has 0 fully saturated rings. The van der Waals surface area contributed by atoms with E-state index in [-0.39, 0.29) is 37.6 Å². The molecule has 1 aromatic heterocycles. The smallest absolute Gasteiger partial charge is 0.164 e. The molecular weight excluding hydrogens is 763 g/mol. The molecule has 0 saturated carbocycles. The number of hydrogen-bond donors (Lipinski definition) is 1. The molecule has 0 saturated heterocycles. The average Bonchev–Trinajstić information content (AvgIpc) is 2.90. The maximum Gasteiger partial charge on any atom is 0.164 e. The van der Waals surface area contributed by atoms with Crippen molar-refractivity contribution in [3.8, 4) is 22.4 Å². The summed E-state index contributed by atoms with van der Waals surface area (Å²) >= 11 is 0. The van der Waals surface area contributed by atoms with Gasteiger partial charge < -0.3 is 5.11 Å². The molecule has 0 unspecified atom stereocenters. The Bertz CT molecular complexity index is 1650. The van der Waals surface area contributed by atoms with Crippen molar-refractivity contribution in [2.45, 2.75) is 87.7 Å². The van der Waals surface area contributed by atoms with Gasteiger partial charge in [0.2, 0.25) is 0 Å². The number of aromatic nitrogens is 1. The van der Waals surface area contributed by atoms with Crippen LogP contribution in [0.25, 0.3) is 33.3 Å². The Hall–Kier alpha value is -2.64. The Balaban J connectivity index is 0.000000464.